The standard InChI is InChI=1S/C14H19N3/c1-17(11-7-8-11)14(15)16-13-9-12(13)10-5-3-2-4-6-10/h2-6,11-13H,7-9H2,1H3,(H2,15,16). The van der Waals surface area contributed by atoms with Crippen LogP contribution in [0, 0.1) is 0 Å². The third-order valence-corrected chi connectivity index (χ3v) is 3.74. The zero-order chi connectivity index (χ0) is 11.8. The highest BCUT2D eigenvalue weighted by atomic mass is 15.3. The van der Waals surface area contributed by atoms with Crippen LogP contribution >= 0.6 is 0 Å². The molecule has 1 aromatic carbocycles. The summed E-state index contributed by atoms with van der Waals surface area (Å²) >= 11 is 0. The van der Waals surface area contributed by atoms with Gasteiger partial charge < -0.3 is 10.6 Å². The highest BCUT2D eigenvalue weighted by Gasteiger charge is 2.39. The summed E-state index contributed by atoms with van der Waals surface area (Å²) in [5.41, 5.74) is 7.41. The van der Waals surface area contributed by atoms with Crippen LogP contribution in [0.5, 0.6) is 0 Å². The predicted molar refractivity (Wildman–Crippen MR) is 70.0 cm³/mol. The van der Waals surface area contributed by atoms with Gasteiger partial charge in [0, 0.05) is 19.0 Å². The van der Waals surface area contributed by atoms with E-state index in [1.54, 1.807) is 0 Å². The molecule has 0 spiro atoms. The molecule has 2 saturated carbocycles. The molecule has 3 heteroatoms. The minimum atomic E-state index is 0.401. The maximum atomic E-state index is 6.02. The van der Waals surface area contributed by atoms with Crippen LogP contribution in [0.4, 0.5) is 0 Å². The maximum absolute atomic E-state index is 6.02. The van der Waals surface area contributed by atoms with Gasteiger partial charge in [-0.25, -0.2) is 4.99 Å². The van der Waals surface area contributed by atoms with Crippen molar-refractivity contribution in [2.24, 2.45) is 10.7 Å². The van der Waals surface area contributed by atoms with E-state index in [9.17, 15) is 0 Å². The van der Waals surface area contributed by atoms with Gasteiger partial charge in [-0.15, -0.1) is 0 Å². The van der Waals surface area contributed by atoms with Crippen LogP contribution in [0.25, 0.3) is 0 Å². The molecule has 2 aliphatic rings. The molecular formula is C14H19N3. The number of hydrogen-bond acceptors (Lipinski definition) is 1. The topological polar surface area (TPSA) is 41.6 Å². The molecule has 1 aromatic rings. The van der Waals surface area contributed by atoms with Gasteiger partial charge in [-0.05, 0) is 24.8 Å². The Morgan fingerprint density at radius 3 is 2.65 bits per heavy atom. The van der Waals surface area contributed by atoms with E-state index in [-0.39, 0.29) is 0 Å². The van der Waals surface area contributed by atoms with Gasteiger partial charge in [0.05, 0.1) is 6.04 Å². The quantitative estimate of drug-likeness (QED) is 0.636. The van der Waals surface area contributed by atoms with Gasteiger partial charge in [-0.3, -0.25) is 0 Å². The zero-order valence-corrected chi connectivity index (χ0v) is 10.2. The summed E-state index contributed by atoms with van der Waals surface area (Å²) in [6, 6.07) is 11.6. The number of aliphatic imine (C=N–C) groups is 1. The number of hydrogen-bond donors (Lipinski definition) is 1. The van der Waals surface area contributed by atoms with Gasteiger partial charge in [0.25, 0.3) is 0 Å². The predicted octanol–water partition coefficient (Wildman–Crippen LogP) is 1.95. The van der Waals surface area contributed by atoms with Crippen molar-refractivity contribution in [1.29, 1.82) is 0 Å². The first-order chi connectivity index (χ1) is 8.25. The molecule has 90 valence electrons. The first kappa shape index (κ1) is 10.6. The molecule has 0 heterocycles. The summed E-state index contributed by atoms with van der Waals surface area (Å²) in [5, 5.41) is 0. The highest BCUT2D eigenvalue weighted by molar-refractivity contribution is 5.79. The third kappa shape index (κ3) is 2.28. The monoisotopic (exact) mass is 229 g/mol. The van der Waals surface area contributed by atoms with Gasteiger partial charge in [0.2, 0.25) is 0 Å². The Bertz CT molecular complexity index is 422. The number of guanidine groups is 1. The Labute approximate surface area is 102 Å². The van der Waals surface area contributed by atoms with Crippen LogP contribution in [0.15, 0.2) is 35.3 Å². The van der Waals surface area contributed by atoms with E-state index in [1.165, 1.54) is 18.4 Å². The van der Waals surface area contributed by atoms with Crippen LogP contribution in [-0.4, -0.2) is 30.0 Å². The Balaban J connectivity index is 1.63. The van der Waals surface area contributed by atoms with Gasteiger partial charge >= 0.3 is 0 Å². The fraction of sp³-hybridized carbons (Fsp3) is 0.500. The number of benzene rings is 1. The second-order valence-corrected chi connectivity index (χ2v) is 5.15. The summed E-state index contributed by atoms with van der Waals surface area (Å²) < 4.78 is 0. The van der Waals surface area contributed by atoms with Gasteiger partial charge in [-0.2, -0.15) is 0 Å². The Morgan fingerprint density at radius 2 is 2.00 bits per heavy atom. The zero-order valence-electron chi connectivity index (χ0n) is 10.2. The molecule has 2 atom stereocenters. The number of rotatable bonds is 3. The molecule has 0 saturated heterocycles. The van der Waals surface area contributed by atoms with Crippen molar-refractivity contribution in [2.45, 2.75) is 37.3 Å². The Morgan fingerprint density at radius 1 is 1.29 bits per heavy atom. The fourth-order valence-electron chi connectivity index (χ4n) is 2.29. The van der Waals surface area contributed by atoms with Crippen LogP contribution in [0.1, 0.15) is 30.7 Å². The Kier molecular flexibility index (Phi) is 2.54. The van der Waals surface area contributed by atoms with Gasteiger partial charge in [0.15, 0.2) is 5.96 Å². The van der Waals surface area contributed by atoms with Crippen LogP contribution in [0.2, 0.25) is 0 Å². The molecule has 17 heavy (non-hydrogen) atoms. The van der Waals surface area contributed by atoms with Crippen molar-refractivity contribution in [3.8, 4) is 0 Å². The molecule has 2 fully saturated rings. The van der Waals surface area contributed by atoms with Crippen molar-refractivity contribution >= 4 is 5.96 Å². The van der Waals surface area contributed by atoms with E-state index in [1.807, 2.05) is 0 Å². The Hall–Kier alpha value is -1.51. The SMILES string of the molecule is CN(C(N)=NC1CC1c1ccccc1)C1CC1. The van der Waals surface area contributed by atoms with E-state index >= 15 is 0 Å². The lowest BCUT2D eigenvalue weighted by molar-refractivity contribution is 0.487. The van der Waals surface area contributed by atoms with E-state index in [0.29, 0.717) is 18.0 Å². The second kappa shape index (κ2) is 4.06. The average Bonchev–Trinajstić information content (AvgIpc) is 3.23. The van der Waals surface area contributed by atoms with Crippen LogP contribution < -0.4 is 5.73 Å². The van der Waals surface area contributed by atoms with Crippen molar-refractivity contribution in [2.75, 3.05) is 7.05 Å². The smallest absolute Gasteiger partial charge is 0.191 e. The van der Waals surface area contributed by atoms with Crippen molar-refractivity contribution in [3.63, 3.8) is 0 Å². The minimum Gasteiger partial charge on any atom is -0.370 e. The summed E-state index contributed by atoms with van der Waals surface area (Å²) in [6.07, 6.45) is 3.67. The van der Waals surface area contributed by atoms with Crippen LogP contribution in [0.3, 0.4) is 0 Å². The lowest BCUT2D eigenvalue weighted by Gasteiger charge is -2.16. The molecule has 3 rings (SSSR count). The maximum Gasteiger partial charge on any atom is 0.191 e. The highest BCUT2D eigenvalue weighted by Crippen LogP contribution is 2.43. The van der Waals surface area contributed by atoms with Crippen molar-refractivity contribution in [1.82, 2.24) is 4.90 Å². The number of nitrogens with two attached hydrogens (primary N) is 1. The first-order valence-corrected chi connectivity index (χ1v) is 6.37. The molecule has 3 nitrogen and oxygen atoms in total. The van der Waals surface area contributed by atoms with E-state index in [0.717, 1.165) is 12.4 Å². The minimum absolute atomic E-state index is 0.401. The van der Waals surface area contributed by atoms with Gasteiger partial charge in [-0.1, -0.05) is 30.3 Å². The van der Waals surface area contributed by atoms with E-state index in [4.69, 9.17) is 5.73 Å². The summed E-state index contributed by atoms with van der Waals surface area (Å²) in [7, 11) is 2.05. The average molecular weight is 229 g/mol. The lowest BCUT2D eigenvalue weighted by Crippen LogP contribution is -2.36. The van der Waals surface area contributed by atoms with Crippen molar-refractivity contribution in [3.05, 3.63) is 35.9 Å². The van der Waals surface area contributed by atoms with E-state index < -0.39 is 0 Å². The molecule has 0 amide bonds. The molecule has 0 aliphatic heterocycles. The molecule has 0 aromatic heterocycles. The first-order valence-electron chi connectivity index (χ1n) is 6.37. The fourth-order valence-corrected chi connectivity index (χ4v) is 2.29. The largest absolute Gasteiger partial charge is 0.370 e. The summed E-state index contributed by atoms with van der Waals surface area (Å²) in [4.78, 5) is 6.75. The third-order valence-electron chi connectivity index (χ3n) is 3.74. The molecule has 2 aliphatic carbocycles. The molecule has 2 N–H and O–H groups in total. The molecule has 0 bridgehead atoms. The van der Waals surface area contributed by atoms with E-state index in [2.05, 4.69) is 47.3 Å². The van der Waals surface area contributed by atoms with Crippen molar-refractivity contribution < 1.29 is 0 Å². The summed E-state index contributed by atoms with van der Waals surface area (Å²) in [5.74, 6) is 1.30. The van der Waals surface area contributed by atoms with Gasteiger partial charge in [0.1, 0.15) is 0 Å². The molecule has 0 radical (unpaired) electrons. The summed E-state index contributed by atoms with van der Waals surface area (Å²) in [6.45, 7) is 0. The molecule has 2 unspecified atom stereocenters. The lowest BCUT2D eigenvalue weighted by atomic mass is 10.1. The second-order valence-electron chi connectivity index (χ2n) is 5.15. The number of nitrogens with zero attached hydrogens (tertiary/aromatic N) is 2. The van der Waals surface area contributed by atoms with Crippen LogP contribution in [-0.2, 0) is 0 Å². The normalized spacial score (nSPS) is 27.9. The molecular weight excluding hydrogens is 210 g/mol.